The molecule has 3 aliphatic rings. The van der Waals surface area contributed by atoms with Crippen molar-refractivity contribution in [1.29, 1.82) is 0 Å². The first kappa shape index (κ1) is 19.3. The van der Waals surface area contributed by atoms with Crippen molar-refractivity contribution < 1.29 is 13.2 Å². The molecular weight excluding hydrogens is 406 g/mol. The van der Waals surface area contributed by atoms with Crippen LogP contribution in [0.4, 0.5) is 10.6 Å². The predicted octanol–water partition coefficient (Wildman–Crippen LogP) is 0.443. The summed E-state index contributed by atoms with van der Waals surface area (Å²) in [6.45, 7) is 3.80. The number of sulfone groups is 1. The van der Waals surface area contributed by atoms with E-state index in [4.69, 9.17) is 0 Å². The molecule has 30 heavy (non-hydrogen) atoms. The number of nitrogens with zero attached hydrogens (tertiary/aromatic N) is 6. The van der Waals surface area contributed by atoms with Crippen LogP contribution >= 0.6 is 0 Å². The SMILES string of the molecule is O=C(N1CC(c2ccc(N3CCS(=O)(=O)CC3)nc2)C1)N1CCC(c2ncn[nH]2)C1. The fourth-order valence-electron chi connectivity index (χ4n) is 4.38. The Morgan fingerprint density at radius 1 is 1.00 bits per heavy atom. The van der Waals surface area contributed by atoms with E-state index in [2.05, 4.69) is 20.2 Å². The van der Waals surface area contributed by atoms with Crippen LogP contribution in [0.3, 0.4) is 0 Å². The molecule has 160 valence electrons. The summed E-state index contributed by atoms with van der Waals surface area (Å²) >= 11 is 0. The summed E-state index contributed by atoms with van der Waals surface area (Å²) in [6, 6.07) is 4.10. The highest BCUT2D eigenvalue weighted by atomic mass is 32.2. The Kier molecular flexibility index (Phi) is 4.84. The van der Waals surface area contributed by atoms with Crippen LogP contribution in [0.1, 0.15) is 29.6 Å². The van der Waals surface area contributed by atoms with Crippen LogP contribution in [0, 0.1) is 0 Å². The number of likely N-dealkylation sites (tertiary alicyclic amines) is 2. The first-order chi connectivity index (χ1) is 14.5. The summed E-state index contributed by atoms with van der Waals surface area (Å²) in [6.07, 6.45) is 4.27. The number of aromatic amines is 1. The Labute approximate surface area is 175 Å². The lowest BCUT2D eigenvalue weighted by molar-refractivity contribution is 0.121. The number of anilines is 1. The smallest absolute Gasteiger partial charge is 0.320 e. The van der Waals surface area contributed by atoms with Crippen LogP contribution < -0.4 is 4.90 Å². The van der Waals surface area contributed by atoms with Crippen LogP contribution in [0.5, 0.6) is 0 Å². The number of carbonyl (C=O) groups excluding carboxylic acids is 1. The van der Waals surface area contributed by atoms with Crippen LogP contribution in [-0.4, -0.2) is 95.2 Å². The third kappa shape index (κ3) is 3.73. The number of rotatable bonds is 3. The van der Waals surface area contributed by atoms with Crippen LogP contribution in [-0.2, 0) is 9.84 Å². The maximum atomic E-state index is 12.8. The number of amides is 2. The third-order valence-electron chi connectivity index (χ3n) is 6.34. The summed E-state index contributed by atoms with van der Waals surface area (Å²) in [7, 11) is -2.90. The molecule has 2 amide bonds. The van der Waals surface area contributed by atoms with E-state index in [1.165, 1.54) is 6.33 Å². The largest absolute Gasteiger partial charge is 0.355 e. The van der Waals surface area contributed by atoms with E-state index >= 15 is 0 Å². The van der Waals surface area contributed by atoms with E-state index in [0.29, 0.717) is 38.6 Å². The number of aromatic nitrogens is 4. The van der Waals surface area contributed by atoms with Crippen molar-refractivity contribution in [2.45, 2.75) is 18.3 Å². The van der Waals surface area contributed by atoms with Crippen molar-refractivity contribution in [3.05, 3.63) is 36.0 Å². The molecule has 0 aromatic carbocycles. The van der Waals surface area contributed by atoms with Gasteiger partial charge in [0.25, 0.3) is 0 Å². The lowest BCUT2D eigenvalue weighted by Crippen LogP contribution is -2.53. The summed E-state index contributed by atoms with van der Waals surface area (Å²) < 4.78 is 23.2. The molecule has 2 aromatic rings. The zero-order valence-corrected chi connectivity index (χ0v) is 17.5. The number of nitrogens with one attached hydrogen (secondary N) is 1. The average Bonchev–Trinajstić information content (AvgIpc) is 3.39. The fraction of sp³-hybridized carbons (Fsp3) is 0.579. The average molecular weight is 432 g/mol. The molecular formula is C19H25N7O3S. The molecule has 0 spiro atoms. The second kappa shape index (κ2) is 7.53. The summed E-state index contributed by atoms with van der Waals surface area (Å²) in [5.41, 5.74) is 1.12. The first-order valence-corrected chi connectivity index (χ1v) is 12.1. The lowest BCUT2D eigenvalue weighted by Gasteiger charge is -2.41. The van der Waals surface area contributed by atoms with E-state index < -0.39 is 9.84 Å². The quantitative estimate of drug-likeness (QED) is 0.750. The van der Waals surface area contributed by atoms with Gasteiger partial charge in [0, 0.05) is 57.3 Å². The van der Waals surface area contributed by atoms with Gasteiger partial charge in [0.1, 0.15) is 18.0 Å². The molecule has 5 rings (SSSR count). The highest BCUT2D eigenvalue weighted by Gasteiger charge is 2.37. The monoisotopic (exact) mass is 431 g/mol. The van der Waals surface area contributed by atoms with E-state index in [1.807, 2.05) is 33.0 Å². The zero-order chi connectivity index (χ0) is 20.7. The van der Waals surface area contributed by atoms with Gasteiger partial charge in [0.15, 0.2) is 9.84 Å². The Morgan fingerprint density at radius 2 is 1.77 bits per heavy atom. The minimum absolute atomic E-state index is 0.0902. The number of pyridine rings is 1. The highest BCUT2D eigenvalue weighted by Crippen LogP contribution is 2.31. The Hall–Kier alpha value is -2.69. The van der Waals surface area contributed by atoms with Gasteiger partial charge in [-0.2, -0.15) is 5.10 Å². The van der Waals surface area contributed by atoms with Crippen molar-refractivity contribution in [1.82, 2.24) is 30.0 Å². The number of urea groups is 1. The second-order valence-electron chi connectivity index (χ2n) is 8.28. The maximum absolute atomic E-state index is 12.8. The molecule has 1 N–H and O–H groups in total. The van der Waals surface area contributed by atoms with Gasteiger partial charge >= 0.3 is 6.03 Å². The molecule has 10 nitrogen and oxygen atoms in total. The van der Waals surface area contributed by atoms with Crippen molar-refractivity contribution in [2.24, 2.45) is 0 Å². The topological polar surface area (TPSA) is 115 Å². The molecule has 5 heterocycles. The standard InChI is InChI=1S/C19H25N7O3S/c27-19(25-4-3-15(10-25)18-21-13-22-23-18)26-11-16(12-26)14-1-2-17(20-9-14)24-5-7-30(28,29)8-6-24/h1-2,9,13,15-16H,3-8,10-12H2,(H,21,22,23). The zero-order valence-electron chi connectivity index (χ0n) is 16.6. The predicted molar refractivity (Wildman–Crippen MR) is 110 cm³/mol. The summed E-state index contributed by atoms with van der Waals surface area (Å²) in [5, 5.41) is 6.80. The Balaban J connectivity index is 1.13. The minimum atomic E-state index is -2.90. The van der Waals surface area contributed by atoms with Gasteiger partial charge in [-0.25, -0.2) is 23.2 Å². The van der Waals surface area contributed by atoms with Crippen LogP contribution in [0.15, 0.2) is 24.7 Å². The second-order valence-corrected chi connectivity index (χ2v) is 10.6. The minimum Gasteiger partial charge on any atom is -0.355 e. The maximum Gasteiger partial charge on any atom is 0.320 e. The molecule has 3 saturated heterocycles. The number of hydrogen-bond acceptors (Lipinski definition) is 7. The highest BCUT2D eigenvalue weighted by molar-refractivity contribution is 7.91. The van der Waals surface area contributed by atoms with Gasteiger partial charge < -0.3 is 14.7 Å². The molecule has 1 unspecified atom stereocenters. The number of hydrogen-bond donors (Lipinski definition) is 1. The Bertz CT molecular complexity index is 989. The van der Waals surface area contributed by atoms with Crippen molar-refractivity contribution >= 4 is 21.7 Å². The van der Waals surface area contributed by atoms with Gasteiger partial charge in [0.05, 0.1) is 11.5 Å². The van der Waals surface area contributed by atoms with E-state index in [9.17, 15) is 13.2 Å². The molecule has 11 heteroatoms. The van der Waals surface area contributed by atoms with Crippen molar-refractivity contribution in [2.75, 3.05) is 55.7 Å². The molecule has 2 aromatic heterocycles. The number of H-pyrrole nitrogens is 1. The van der Waals surface area contributed by atoms with Gasteiger partial charge in [0.2, 0.25) is 0 Å². The molecule has 3 aliphatic heterocycles. The van der Waals surface area contributed by atoms with Crippen molar-refractivity contribution in [3.63, 3.8) is 0 Å². The molecule has 1 atom stereocenters. The van der Waals surface area contributed by atoms with E-state index in [-0.39, 0.29) is 23.5 Å². The normalized spacial score (nSPS) is 24.1. The Morgan fingerprint density at radius 3 is 2.43 bits per heavy atom. The lowest BCUT2D eigenvalue weighted by atomic mass is 9.93. The van der Waals surface area contributed by atoms with Crippen LogP contribution in [0.2, 0.25) is 0 Å². The van der Waals surface area contributed by atoms with E-state index in [0.717, 1.165) is 30.2 Å². The van der Waals surface area contributed by atoms with Gasteiger partial charge in [-0.05, 0) is 18.1 Å². The van der Waals surface area contributed by atoms with Crippen LogP contribution in [0.25, 0.3) is 0 Å². The summed E-state index contributed by atoms with van der Waals surface area (Å²) in [5.74, 6) is 2.56. The molecule has 0 bridgehead atoms. The molecule has 0 aliphatic carbocycles. The summed E-state index contributed by atoms with van der Waals surface area (Å²) in [4.78, 5) is 27.3. The number of carbonyl (C=O) groups is 1. The van der Waals surface area contributed by atoms with E-state index in [1.54, 1.807) is 0 Å². The first-order valence-electron chi connectivity index (χ1n) is 10.3. The van der Waals surface area contributed by atoms with Gasteiger partial charge in [-0.15, -0.1) is 0 Å². The fourth-order valence-corrected chi connectivity index (χ4v) is 5.58. The molecule has 3 fully saturated rings. The molecule has 0 saturated carbocycles. The van der Waals surface area contributed by atoms with Crippen molar-refractivity contribution in [3.8, 4) is 0 Å². The molecule has 0 radical (unpaired) electrons. The third-order valence-corrected chi connectivity index (χ3v) is 7.95. The van der Waals surface area contributed by atoms with Gasteiger partial charge in [-0.1, -0.05) is 6.07 Å². The van der Waals surface area contributed by atoms with Gasteiger partial charge in [-0.3, -0.25) is 5.10 Å².